The molecule has 0 saturated carbocycles. The summed E-state index contributed by atoms with van der Waals surface area (Å²) in [6.07, 6.45) is 0. The molecule has 0 radical (unpaired) electrons. The molecule has 1 saturated heterocycles. The van der Waals surface area contributed by atoms with Crippen LogP contribution in [-0.4, -0.2) is 64.1 Å². The Labute approximate surface area is 182 Å². The summed E-state index contributed by atoms with van der Waals surface area (Å²) in [6, 6.07) is 13.7. The first-order chi connectivity index (χ1) is 14.5. The molecule has 2 aromatic carbocycles. The maximum atomic E-state index is 12.7. The molecule has 0 bridgehead atoms. The second kappa shape index (κ2) is 10.9. The van der Waals surface area contributed by atoms with Gasteiger partial charge in [0.05, 0.1) is 11.5 Å². The van der Waals surface area contributed by atoms with Gasteiger partial charge < -0.3 is 10.1 Å². The zero-order chi connectivity index (χ0) is 21.4. The summed E-state index contributed by atoms with van der Waals surface area (Å²) in [7, 11) is -2.12. The normalized spacial score (nSPS) is 15.1. The SMILES string of the molecule is COCCNS(=O)(=O)c1ccc(C(=O)Nc2ccccc2CN2CCSCC2)cc1. The third-order valence-corrected chi connectivity index (χ3v) is 7.21. The van der Waals surface area contributed by atoms with Gasteiger partial charge in [-0.1, -0.05) is 18.2 Å². The Morgan fingerprint density at radius 1 is 1.10 bits per heavy atom. The summed E-state index contributed by atoms with van der Waals surface area (Å²) in [5, 5.41) is 2.96. The Morgan fingerprint density at radius 2 is 1.80 bits per heavy atom. The highest BCUT2D eigenvalue weighted by atomic mass is 32.2. The number of nitrogens with one attached hydrogen (secondary N) is 2. The lowest BCUT2D eigenvalue weighted by molar-refractivity contribution is 0.102. The first-order valence-electron chi connectivity index (χ1n) is 9.77. The van der Waals surface area contributed by atoms with E-state index >= 15 is 0 Å². The molecule has 0 unspecified atom stereocenters. The maximum absolute atomic E-state index is 12.7. The number of hydrogen-bond acceptors (Lipinski definition) is 6. The molecule has 1 amide bonds. The van der Waals surface area contributed by atoms with Gasteiger partial charge in [0.1, 0.15) is 0 Å². The third kappa shape index (κ3) is 6.29. The predicted molar refractivity (Wildman–Crippen MR) is 121 cm³/mol. The van der Waals surface area contributed by atoms with Crippen molar-refractivity contribution in [2.45, 2.75) is 11.4 Å². The van der Waals surface area contributed by atoms with Crippen molar-refractivity contribution in [3.8, 4) is 0 Å². The molecule has 3 rings (SSSR count). The monoisotopic (exact) mass is 449 g/mol. The molecular weight excluding hydrogens is 422 g/mol. The van der Waals surface area contributed by atoms with Gasteiger partial charge in [-0.2, -0.15) is 11.8 Å². The fraction of sp³-hybridized carbons (Fsp3) is 0.381. The Bertz CT molecular complexity index is 943. The van der Waals surface area contributed by atoms with E-state index in [4.69, 9.17) is 4.74 Å². The van der Waals surface area contributed by atoms with Gasteiger partial charge in [0.15, 0.2) is 0 Å². The molecule has 0 aliphatic carbocycles. The largest absolute Gasteiger partial charge is 0.383 e. The summed E-state index contributed by atoms with van der Waals surface area (Å²) < 4.78 is 31.8. The number of hydrogen-bond donors (Lipinski definition) is 2. The maximum Gasteiger partial charge on any atom is 0.255 e. The quantitative estimate of drug-likeness (QED) is 0.572. The molecule has 1 heterocycles. The van der Waals surface area contributed by atoms with E-state index in [1.165, 1.54) is 31.4 Å². The Hall–Kier alpha value is -1.91. The van der Waals surface area contributed by atoms with Crippen molar-refractivity contribution < 1.29 is 17.9 Å². The molecule has 0 spiro atoms. The van der Waals surface area contributed by atoms with Crippen molar-refractivity contribution in [1.82, 2.24) is 9.62 Å². The number of sulfonamides is 1. The molecule has 1 fully saturated rings. The highest BCUT2D eigenvalue weighted by Crippen LogP contribution is 2.21. The van der Waals surface area contributed by atoms with E-state index in [-0.39, 0.29) is 24.0 Å². The van der Waals surface area contributed by atoms with Crippen LogP contribution >= 0.6 is 11.8 Å². The van der Waals surface area contributed by atoms with Crippen LogP contribution in [0.5, 0.6) is 0 Å². The highest BCUT2D eigenvalue weighted by molar-refractivity contribution is 7.99. The number of thioether (sulfide) groups is 1. The lowest BCUT2D eigenvalue weighted by atomic mass is 10.1. The van der Waals surface area contributed by atoms with Crippen molar-refractivity contribution >= 4 is 33.4 Å². The average molecular weight is 450 g/mol. The molecule has 0 aromatic heterocycles. The summed E-state index contributed by atoms with van der Waals surface area (Å²) in [4.78, 5) is 15.2. The van der Waals surface area contributed by atoms with E-state index in [0.717, 1.165) is 42.4 Å². The summed E-state index contributed by atoms with van der Waals surface area (Å²) in [5.74, 6) is 1.99. The summed E-state index contributed by atoms with van der Waals surface area (Å²) in [6.45, 7) is 3.35. The number of ether oxygens (including phenoxy) is 1. The fourth-order valence-corrected chi connectivity index (χ4v) is 5.11. The zero-order valence-corrected chi connectivity index (χ0v) is 18.6. The number of anilines is 1. The van der Waals surface area contributed by atoms with Gasteiger partial charge in [-0.25, -0.2) is 13.1 Å². The molecule has 30 heavy (non-hydrogen) atoms. The van der Waals surface area contributed by atoms with E-state index in [9.17, 15) is 13.2 Å². The third-order valence-electron chi connectivity index (χ3n) is 4.79. The van der Waals surface area contributed by atoms with Gasteiger partial charge >= 0.3 is 0 Å². The molecule has 1 aliphatic heterocycles. The Kier molecular flexibility index (Phi) is 8.29. The van der Waals surface area contributed by atoms with Crippen LogP contribution in [0.1, 0.15) is 15.9 Å². The molecule has 2 aromatic rings. The summed E-state index contributed by atoms with van der Waals surface area (Å²) in [5.41, 5.74) is 2.24. The number of rotatable bonds is 9. The van der Waals surface area contributed by atoms with Crippen molar-refractivity contribution in [3.05, 3.63) is 59.7 Å². The van der Waals surface area contributed by atoms with Crippen LogP contribution in [0.2, 0.25) is 0 Å². The summed E-state index contributed by atoms with van der Waals surface area (Å²) >= 11 is 1.96. The van der Waals surface area contributed by atoms with Crippen LogP contribution in [0.4, 0.5) is 5.69 Å². The topological polar surface area (TPSA) is 87.7 Å². The van der Waals surface area contributed by atoms with Crippen LogP contribution in [-0.2, 0) is 21.3 Å². The molecule has 1 aliphatic rings. The van der Waals surface area contributed by atoms with E-state index in [1.54, 1.807) is 0 Å². The second-order valence-corrected chi connectivity index (χ2v) is 9.91. The molecule has 0 atom stereocenters. The van der Waals surface area contributed by atoms with Gasteiger partial charge in [0, 0.05) is 56.0 Å². The van der Waals surface area contributed by atoms with Crippen molar-refractivity contribution in [1.29, 1.82) is 0 Å². The standard InChI is InChI=1S/C21H27N3O4S2/c1-28-13-10-22-30(26,27)19-8-6-17(7-9-19)21(25)23-20-5-3-2-4-18(20)16-24-11-14-29-15-12-24/h2-9,22H,10-16H2,1H3,(H,23,25). The van der Waals surface area contributed by atoms with Gasteiger partial charge in [0.25, 0.3) is 5.91 Å². The van der Waals surface area contributed by atoms with E-state index in [1.807, 2.05) is 36.0 Å². The number of para-hydroxylation sites is 1. The highest BCUT2D eigenvalue weighted by Gasteiger charge is 2.16. The average Bonchev–Trinajstić information content (AvgIpc) is 2.76. The molecular formula is C21H27N3O4S2. The number of methoxy groups -OCH3 is 1. The van der Waals surface area contributed by atoms with Crippen LogP contribution < -0.4 is 10.0 Å². The predicted octanol–water partition coefficient (Wildman–Crippen LogP) is 2.41. The van der Waals surface area contributed by atoms with E-state index in [0.29, 0.717) is 5.56 Å². The van der Waals surface area contributed by atoms with Crippen molar-refractivity contribution in [2.75, 3.05) is 50.2 Å². The Balaban J connectivity index is 1.66. The molecule has 162 valence electrons. The lowest BCUT2D eigenvalue weighted by Crippen LogP contribution is -2.32. The fourth-order valence-electron chi connectivity index (χ4n) is 3.12. The number of nitrogens with zero attached hydrogens (tertiary/aromatic N) is 1. The molecule has 2 N–H and O–H groups in total. The van der Waals surface area contributed by atoms with Gasteiger partial charge in [0.2, 0.25) is 10.0 Å². The minimum absolute atomic E-state index is 0.110. The smallest absolute Gasteiger partial charge is 0.255 e. The van der Waals surface area contributed by atoms with Crippen molar-refractivity contribution in [2.24, 2.45) is 0 Å². The molecule has 9 heteroatoms. The number of carbonyl (C=O) groups excluding carboxylic acids is 1. The second-order valence-electron chi connectivity index (χ2n) is 6.91. The van der Waals surface area contributed by atoms with E-state index in [2.05, 4.69) is 14.9 Å². The number of amides is 1. The van der Waals surface area contributed by atoms with Crippen LogP contribution in [0.15, 0.2) is 53.4 Å². The first kappa shape index (κ1) is 22.8. The zero-order valence-electron chi connectivity index (χ0n) is 17.0. The van der Waals surface area contributed by atoms with Crippen LogP contribution in [0, 0.1) is 0 Å². The minimum atomic E-state index is -3.63. The van der Waals surface area contributed by atoms with Crippen molar-refractivity contribution in [3.63, 3.8) is 0 Å². The Morgan fingerprint density at radius 3 is 2.50 bits per heavy atom. The van der Waals surface area contributed by atoms with Gasteiger partial charge in [-0.05, 0) is 35.9 Å². The molecule has 7 nitrogen and oxygen atoms in total. The first-order valence-corrected chi connectivity index (χ1v) is 12.4. The minimum Gasteiger partial charge on any atom is -0.383 e. The van der Waals surface area contributed by atoms with Gasteiger partial charge in [-0.15, -0.1) is 0 Å². The van der Waals surface area contributed by atoms with Crippen LogP contribution in [0.25, 0.3) is 0 Å². The number of benzene rings is 2. The lowest BCUT2D eigenvalue weighted by Gasteiger charge is -2.27. The van der Waals surface area contributed by atoms with E-state index < -0.39 is 10.0 Å². The number of carbonyl (C=O) groups is 1. The van der Waals surface area contributed by atoms with Gasteiger partial charge in [-0.3, -0.25) is 9.69 Å². The van der Waals surface area contributed by atoms with Crippen LogP contribution in [0.3, 0.4) is 0 Å².